The standard InChI is InChI=1S/C66H111NO19/c1-52(15-9-7-10-16-53(2)66(75-6)48-60-17-13-19-65(86-60)61(71)18-11-8-12-26-67-50-69)45-54(3)63(73)49-64(74)56(5)46-55(4)62(72)47-59(85-51-70)25-22-57-20-23-58(24-21-57)84-44-43-83-42-41-82-40-39-81-38-37-80-36-35-79-34-33-78-32-31-77-30-29-76-28-14-27-68/h7,9-10,15-16,27,46,50-52,54-55,57-60,64-66,74H,8,11-14,17-26,28-45,47-49H2,1-6H3,(H,67,69)/b10-7+,15-9+,53-16+,56-46+. The molecule has 2 fully saturated rings. The molecule has 0 spiro atoms. The minimum Gasteiger partial charge on any atom is -0.464 e. The van der Waals surface area contributed by atoms with Crippen molar-refractivity contribution in [1.29, 1.82) is 0 Å². The van der Waals surface area contributed by atoms with E-state index in [0.29, 0.717) is 175 Å². The molecule has 1 heterocycles. The summed E-state index contributed by atoms with van der Waals surface area (Å²) in [6, 6.07) is 0. The maximum absolute atomic E-state index is 13.3. The van der Waals surface area contributed by atoms with Crippen LogP contribution in [0.15, 0.2) is 47.6 Å². The third-order valence-electron chi connectivity index (χ3n) is 15.5. The van der Waals surface area contributed by atoms with Gasteiger partial charge in [0, 0.05) is 57.6 Å². The molecule has 0 aromatic carbocycles. The van der Waals surface area contributed by atoms with Crippen LogP contribution in [-0.2, 0) is 85.6 Å². The van der Waals surface area contributed by atoms with E-state index in [1.165, 1.54) is 0 Å². The minimum absolute atomic E-state index is 0.0401. The molecule has 2 N–H and O–H groups in total. The summed E-state index contributed by atoms with van der Waals surface area (Å²) in [5, 5.41) is 13.7. The molecule has 1 amide bonds. The van der Waals surface area contributed by atoms with Crippen molar-refractivity contribution in [1.82, 2.24) is 5.32 Å². The third kappa shape index (κ3) is 40.6. The summed E-state index contributed by atoms with van der Waals surface area (Å²) in [5.41, 5.74) is 1.62. The van der Waals surface area contributed by atoms with Gasteiger partial charge in [-0.05, 0) is 114 Å². The molecule has 86 heavy (non-hydrogen) atoms. The van der Waals surface area contributed by atoms with E-state index < -0.39 is 18.1 Å². The first-order chi connectivity index (χ1) is 41.8. The molecule has 0 bridgehead atoms. The fraction of sp³-hybridized carbons (Fsp3) is 0.788. The van der Waals surface area contributed by atoms with Gasteiger partial charge in [-0.3, -0.25) is 24.0 Å². The molecule has 8 atom stereocenters. The molecule has 494 valence electrons. The van der Waals surface area contributed by atoms with Crippen LogP contribution in [0.3, 0.4) is 0 Å². The Kier molecular flexibility index (Phi) is 48.2. The van der Waals surface area contributed by atoms with Crippen molar-refractivity contribution in [3.63, 3.8) is 0 Å². The van der Waals surface area contributed by atoms with Gasteiger partial charge in [-0.2, -0.15) is 0 Å². The Hall–Kier alpha value is -3.90. The fourth-order valence-electron chi connectivity index (χ4n) is 10.3. The largest absolute Gasteiger partial charge is 0.464 e. The van der Waals surface area contributed by atoms with Crippen molar-refractivity contribution < 1.29 is 90.7 Å². The van der Waals surface area contributed by atoms with Gasteiger partial charge >= 0.3 is 0 Å². The average Bonchev–Trinajstić information content (AvgIpc) is 3.72. The van der Waals surface area contributed by atoms with E-state index >= 15 is 0 Å². The molecule has 20 heteroatoms. The van der Waals surface area contributed by atoms with Crippen LogP contribution in [0.2, 0.25) is 0 Å². The molecule has 0 radical (unpaired) electrons. The smallest absolute Gasteiger partial charge is 0.293 e. The topological polar surface area (TPSA) is 245 Å². The zero-order chi connectivity index (χ0) is 62.7. The van der Waals surface area contributed by atoms with Gasteiger partial charge in [-0.25, -0.2) is 0 Å². The van der Waals surface area contributed by atoms with Gasteiger partial charge in [0.25, 0.3) is 6.47 Å². The highest BCUT2D eigenvalue weighted by Gasteiger charge is 2.30. The lowest BCUT2D eigenvalue weighted by Gasteiger charge is -2.31. The lowest BCUT2D eigenvalue weighted by Crippen LogP contribution is -2.36. The number of carbonyl (C=O) groups is 6. The van der Waals surface area contributed by atoms with Crippen molar-refractivity contribution in [2.75, 3.05) is 126 Å². The molecule has 8 unspecified atom stereocenters. The van der Waals surface area contributed by atoms with Crippen LogP contribution in [0.5, 0.6) is 0 Å². The third-order valence-corrected chi connectivity index (χ3v) is 15.5. The van der Waals surface area contributed by atoms with Gasteiger partial charge in [-0.1, -0.05) is 63.6 Å². The average molecular weight is 1220 g/mol. The Bertz CT molecular complexity index is 1890. The first kappa shape index (κ1) is 78.2. The summed E-state index contributed by atoms with van der Waals surface area (Å²) in [5.74, 6) is -0.208. The lowest BCUT2D eigenvalue weighted by atomic mass is 9.83. The second-order valence-electron chi connectivity index (χ2n) is 22.6. The summed E-state index contributed by atoms with van der Waals surface area (Å²) < 4.78 is 67.4. The first-order valence-corrected chi connectivity index (χ1v) is 31.9. The number of Topliss-reactive ketones (excluding diaryl/α,β-unsaturated/α-hetero) is 3. The first-order valence-electron chi connectivity index (χ1n) is 31.9. The number of methoxy groups -OCH3 is 1. The van der Waals surface area contributed by atoms with Crippen molar-refractivity contribution in [2.24, 2.45) is 23.7 Å². The van der Waals surface area contributed by atoms with Gasteiger partial charge in [0.05, 0.1) is 137 Å². The van der Waals surface area contributed by atoms with E-state index in [1.54, 1.807) is 27.0 Å². The molecular formula is C66H111NO19. The number of aliphatic hydroxyl groups excluding tert-OH is 1. The molecule has 20 nitrogen and oxygen atoms in total. The number of aldehydes is 1. The Morgan fingerprint density at radius 1 is 0.651 bits per heavy atom. The number of aliphatic hydroxyl groups is 1. The van der Waals surface area contributed by atoms with E-state index in [-0.39, 0.29) is 66.4 Å². The number of nitrogens with one attached hydrogen (secondary N) is 1. The number of carbonyl (C=O) groups excluding carboxylic acids is 6. The highest BCUT2D eigenvalue weighted by Crippen LogP contribution is 2.31. The highest BCUT2D eigenvalue weighted by atomic mass is 16.6. The summed E-state index contributed by atoms with van der Waals surface area (Å²) in [6.07, 6.45) is 23.9. The van der Waals surface area contributed by atoms with Crippen LogP contribution in [-0.4, -0.2) is 204 Å². The number of allylic oxidation sites excluding steroid dienone is 6. The molecule has 1 aliphatic carbocycles. The quantitative estimate of drug-likeness (QED) is 0.0251. The highest BCUT2D eigenvalue weighted by molar-refractivity contribution is 5.84. The summed E-state index contributed by atoms with van der Waals surface area (Å²) in [4.78, 5) is 71.5. The van der Waals surface area contributed by atoms with Crippen molar-refractivity contribution in [3.05, 3.63) is 47.6 Å². The van der Waals surface area contributed by atoms with Gasteiger partial charge in [0.2, 0.25) is 6.41 Å². The minimum atomic E-state index is -1.01. The monoisotopic (exact) mass is 1220 g/mol. The van der Waals surface area contributed by atoms with E-state index in [4.69, 9.17) is 56.8 Å². The van der Waals surface area contributed by atoms with E-state index in [2.05, 4.69) is 18.3 Å². The summed E-state index contributed by atoms with van der Waals surface area (Å²) in [7, 11) is 1.69. The normalized spacial score (nSPS) is 19.9. The Labute approximate surface area is 514 Å². The maximum Gasteiger partial charge on any atom is 0.293 e. The van der Waals surface area contributed by atoms with E-state index in [1.807, 2.05) is 38.2 Å². The van der Waals surface area contributed by atoms with E-state index in [9.17, 15) is 33.9 Å². The number of ether oxygens (including phenoxy) is 12. The van der Waals surface area contributed by atoms with Crippen LogP contribution >= 0.6 is 0 Å². The molecular weight excluding hydrogens is 1110 g/mol. The number of amides is 1. The predicted molar refractivity (Wildman–Crippen MR) is 328 cm³/mol. The molecule has 1 saturated carbocycles. The van der Waals surface area contributed by atoms with Crippen LogP contribution in [0.25, 0.3) is 0 Å². The number of unbranched alkanes of at least 4 members (excludes halogenated alkanes) is 2. The lowest BCUT2D eigenvalue weighted by molar-refractivity contribution is -0.141. The van der Waals surface area contributed by atoms with Crippen LogP contribution in [0.1, 0.15) is 150 Å². The SMILES string of the molecule is COC(CC1CCCC(C(=O)CCCCCNC=O)O1)/C(C)=C/C=C/C=C/C(C)CC(C)C(=O)CC(O)/C(C)=C/C(C)C(=O)CC(CCC1CCC(OCCOCCOCCOCCOCCOCCOCCOCCOCCC=O)CC1)OC=O. The zero-order valence-corrected chi connectivity index (χ0v) is 53.2. The molecule has 0 aromatic rings. The Morgan fingerprint density at radius 2 is 1.23 bits per heavy atom. The molecule has 1 saturated heterocycles. The van der Waals surface area contributed by atoms with Gasteiger partial charge in [0.1, 0.15) is 30.1 Å². The van der Waals surface area contributed by atoms with E-state index in [0.717, 1.165) is 82.5 Å². The molecule has 2 rings (SSSR count). The van der Waals surface area contributed by atoms with Gasteiger partial charge < -0.3 is 72.1 Å². The van der Waals surface area contributed by atoms with Gasteiger partial charge in [0.15, 0.2) is 5.78 Å². The number of hydrogen-bond acceptors (Lipinski definition) is 19. The number of rotatable bonds is 58. The molecule has 2 aliphatic rings. The van der Waals surface area contributed by atoms with Gasteiger partial charge in [-0.15, -0.1) is 0 Å². The van der Waals surface area contributed by atoms with Crippen molar-refractivity contribution in [2.45, 2.75) is 187 Å². The maximum atomic E-state index is 13.3. The molecule has 1 aliphatic heterocycles. The van der Waals surface area contributed by atoms with Crippen LogP contribution in [0, 0.1) is 23.7 Å². The number of hydrogen-bond donors (Lipinski definition) is 2. The second-order valence-corrected chi connectivity index (χ2v) is 22.6. The predicted octanol–water partition coefficient (Wildman–Crippen LogP) is 8.41. The molecule has 0 aromatic heterocycles. The second kappa shape index (κ2) is 53.0. The zero-order valence-electron chi connectivity index (χ0n) is 53.2. The Morgan fingerprint density at radius 3 is 1.79 bits per heavy atom. The Balaban J connectivity index is 1.53. The van der Waals surface area contributed by atoms with Crippen molar-refractivity contribution in [3.8, 4) is 0 Å². The van der Waals surface area contributed by atoms with Crippen molar-refractivity contribution >= 4 is 36.5 Å². The summed E-state index contributed by atoms with van der Waals surface area (Å²) >= 11 is 0. The number of ketones is 3. The van der Waals surface area contributed by atoms with Crippen LogP contribution < -0.4 is 5.32 Å². The van der Waals surface area contributed by atoms with Crippen LogP contribution in [0.4, 0.5) is 0 Å². The summed E-state index contributed by atoms with van der Waals surface area (Å²) in [6.45, 7) is 18.6. The fourth-order valence-corrected chi connectivity index (χ4v) is 10.3.